The van der Waals surface area contributed by atoms with Crippen molar-refractivity contribution in [2.75, 3.05) is 0 Å². The Morgan fingerprint density at radius 2 is 1.73 bits per heavy atom. The van der Waals surface area contributed by atoms with Crippen LogP contribution in [-0.4, -0.2) is 11.7 Å². The standard InChI is InChI=1S/C11H16N4/c1-3-9-4-6-10(7-5-9)11(13)15-14-8(2)12/h4-7H,3H2,1-2H3,(H2,12,14)(H2,13,15). The van der Waals surface area contributed by atoms with Crippen molar-refractivity contribution in [3.05, 3.63) is 35.4 Å². The van der Waals surface area contributed by atoms with Crippen molar-refractivity contribution in [3.63, 3.8) is 0 Å². The summed E-state index contributed by atoms with van der Waals surface area (Å²) >= 11 is 0. The first-order valence-corrected chi connectivity index (χ1v) is 4.86. The van der Waals surface area contributed by atoms with Gasteiger partial charge in [-0.15, -0.1) is 10.2 Å². The van der Waals surface area contributed by atoms with E-state index >= 15 is 0 Å². The van der Waals surface area contributed by atoms with Crippen LogP contribution in [0.15, 0.2) is 34.5 Å². The third-order valence-electron chi connectivity index (χ3n) is 1.97. The SMILES string of the molecule is CCc1ccc(/C(N)=N/N=C(/C)N)cc1. The Hall–Kier alpha value is -1.84. The van der Waals surface area contributed by atoms with Crippen LogP contribution in [0.2, 0.25) is 0 Å². The molecule has 0 amide bonds. The number of aryl methyl sites for hydroxylation is 1. The van der Waals surface area contributed by atoms with Crippen LogP contribution in [0.25, 0.3) is 0 Å². The topological polar surface area (TPSA) is 76.8 Å². The van der Waals surface area contributed by atoms with Gasteiger partial charge < -0.3 is 11.5 Å². The zero-order chi connectivity index (χ0) is 11.3. The summed E-state index contributed by atoms with van der Waals surface area (Å²) < 4.78 is 0. The van der Waals surface area contributed by atoms with Crippen molar-refractivity contribution in [3.8, 4) is 0 Å². The fourth-order valence-electron chi connectivity index (χ4n) is 1.10. The Bertz CT molecular complexity index is 372. The number of hydrogen-bond acceptors (Lipinski definition) is 2. The molecule has 0 atom stereocenters. The first-order valence-electron chi connectivity index (χ1n) is 4.86. The van der Waals surface area contributed by atoms with E-state index in [-0.39, 0.29) is 0 Å². The fourth-order valence-corrected chi connectivity index (χ4v) is 1.10. The van der Waals surface area contributed by atoms with Crippen molar-refractivity contribution in [1.29, 1.82) is 0 Å². The molecule has 4 heteroatoms. The monoisotopic (exact) mass is 204 g/mol. The summed E-state index contributed by atoms with van der Waals surface area (Å²) in [5, 5.41) is 7.51. The molecule has 0 aliphatic carbocycles. The van der Waals surface area contributed by atoms with E-state index in [1.54, 1.807) is 6.92 Å². The minimum Gasteiger partial charge on any atom is -0.386 e. The van der Waals surface area contributed by atoms with Crippen LogP contribution in [0.5, 0.6) is 0 Å². The van der Waals surface area contributed by atoms with Crippen LogP contribution in [0.1, 0.15) is 25.0 Å². The van der Waals surface area contributed by atoms with Crippen LogP contribution in [0.3, 0.4) is 0 Å². The van der Waals surface area contributed by atoms with Gasteiger partial charge in [-0.2, -0.15) is 0 Å². The summed E-state index contributed by atoms with van der Waals surface area (Å²) in [6.45, 7) is 3.77. The Balaban J connectivity index is 2.87. The average molecular weight is 204 g/mol. The van der Waals surface area contributed by atoms with E-state index in [0.29, 0.717) is 11.7 Å². The van der Waals surface area contributed by atoms with Crippen LogP contribution >= 0.6 is 0 Å². The third kappa shape index (κ3) is 3.42. The lowest BCUT2D eigenvalue weighted by atomic mass is 10.1. The molecule has 4 N–H and O–H groups in total. The van der Waals surface area contributed by atoms with E-state index in [2.05, 4.69) is 17.1 Å². The number of nitrogens with zero attached hydrogens (tertiary/aromatic N) is 2. The first kappa shape index (κ1) is 11.2. The maximum atomic E-state index is 5.72. The lowest BCUT2D eigenvalue weighted by Crippen LogP contribution is -2.13. The molecule has 1 aromatic rings. The molecule has 0 fully saturated rings. The smallest absolute Gasteiger partial charge is 0.153 e. The van der Waals surface area contributed by atoms with Crippen LogP contribution in [0, 0.1) is 0 Å². The van der Waals surface area contributed by atoms with E-state index in [9.17, 15) is 0 Å². The van der Waals surface area contributed by atoms with E-state index in [4.69, 9.17) is 11.5 Å². The minimum atomic E-state index is 0.377. The van der Waals surface area contributed by atoms with Gasteiger partial charge in [-0.3, -0.25) is 0 Å². The maximum absolute atomic E-state index is 5.72. The number of rotatable bonds is 3. The van der Waals surface area contributed by atoms with Crippen LogP contribution in [0.4, 0.5) is 0 Å². The van der Waals surface area contributed by atoms with Crippen molar-refractivity contribution in [2.24, 2.45) is 21.7 Å². The second-order valence-corrected chi connectivity index (χ2v) is 3.28. The summed E-state index contributed by atoms with van der Waals surface area (Å²) in [5.41, 5.74) is 13.2. The molecule has 0 aliphatic rings. The van der Waals surface area contributed by atoms with Crippen molar-refractivity contribution in [1.82, 2.24) is 0 Å². The molecule has 15 heavy (non-hydrogen) atoms. The van der Waals surface area contributed by atoms with Gasteiger partial charge in [0.2, 0.25) is 0 Å². The maximum Gasteiger partial charge on any atom is 0.153 e. The molecule has 0 saturated carbocycles. The van der Waals surface area contributed by atoms with Gasteiger partial charge in [0.25, 0.3) is 0 Å². The average Bonchev–Trinajstić information content (AvgIpc) is 2.26. The molecule has 0 heterocycles. The largest absolute Gasteiger partial charge is 0.386 e. The molecular weight excluding hydrogens is 188 g/mol. The molecule has 0 saturated heterocycles. The molecule has 4 nitrogen and oxygen atoms in total. The number of amidine groups is 2. The van der Waals surface area contributed by atoms with Gasteiger partial charge in [0.15, 0.2) is 5.84 Å². The normalized spacial score (nSPS) is 12.9. The highest BCUT2D eigenvalue weighted by atomic mass is 15.2. The first-order chi connectivity index (χ1) is 7.13. The van der Waals surface area contributed by atoms with Crippen molar-refractivity contribution >= 4 is 11.7 Å². The van der Waals surface area contributed by atoms with Gasteiger partial charge in [-0.05, 0) is 18.9 Å². The fraction of sp³-hybridized carbons (Fsp3) is 0.273. The zero-order valence-electron chi connectivity index (χ0n) is 9.07. The van der Waals surface area contributed by atoms with Crippen molar-refractivity contribution in [2.45, 2.75) is 20.3 Å². The molecule has 0 aromatic heterocycles. The molecule has 0 aliphatic heterocycles. The van der Waals surface area contributed by atoms with E-state index in [0.717, 1.165) is 12.0 Å². The molecule has 0 radical (unpaired) electrons. The van der Waals surface area contributed by atoms with Crippen LogP contribution < -0.4 is 11.5 Å². The lowest BCUT2D eigenvalue weighted by Gasteiger charge is -2.00. The molecule has 0 bridgehead atoms. The van der Waals surface area contributed by atoms with Gasteiger partial charge in [-0.1, -0.05) is 31.2 Å². The summed E-state index contributed by atoms with van der Waals surface area (Å²) in [4.78, 5) is 0. The van der Waals surface area contributed by atoms with Gasteiger partial charge >= 0.3 is 0 Å². The van der Waals surface area contributed by atoms with E-state index < -0.39 is 0 Å². The van der Waals surface area contributed by atoms with Gasteiger partial charge in [0.05, 0.1) is 0 Å². The second kappa shape index (κ2) is 5.14. The van der Waals surface area contributed by atoms with Crippen molar-refractivity contribution < 1.29 is 0 Å². The molecule has 1 rings (SSSR count). The van der Waals surface area contributed by atoms with Crippen LogP contribution in [-0.2, 0) is 6.42 Å². The second-order valence-electron chi connectivity index (χ2n) is 3.28. The minimum absolute atomic E-state index is 0.377. The van der Waals surface area contributed by atoms with E-state index in [1.165, 1.54) is 5.56 Å². The Labute approximate surface area is 89.7 Å². The predicted octanol–water partition coefficient (Wildman–Crippen LogP) is 1.25. The third-order valence-corrected chi connectivity index (χ3v) is 1.97. The molecule has 0 unspecified atom stereocenters. The van der Waals surface area contributed by atoms with Gasteiger partial charge in [-0.25, -0.2) is 0 Å². The Morgan fingerprint density at radius 1 is 1.13 bits per heavy atom. The lowest BCUT2D eigenvalue weighted by molar-refractivity contribution is 1.14. The highest BCUT2D eigenvalue weighted by Crippen LogP contribution is 2.04. The van der Waals surface area contributed by atoms with Gasteiger partial charge in [0.1, 0.15) is 5.84 Å². The number of benzene rings is 1. The molecule has 0 spiro atoms. The summed E-state index contributed by atoms with van der Waals surface area (Å²) in [7, 11) is 0. The van der Waals surface area contributed by atoms with Gasteiger partial charge in [0, 0.05) is 5.56 Å². The molecular formula is C11H16N4. The summed E-state index contributed by atoms with van der Waals surface area (Å²) in [6, 6.07) is 7.91. The molecule has 1 aromatic carbocycles. The Morgan fingerprint density at radius 3 is 2.20 bits per heavy atom. The Kier molecular flexibility index (Phi) is 3.85. The highest BCUT2D eigenvalue weighted by Gasteiger charge is 1.97. The zero-order valence-corrected chi connectivity index (χ0v) is 9.07. The number of nitrogens with two attached hydrogens (primary N) is 2. The summed E-state index contributed by atoms with van der Waals surface area (Å²) in [5.74, 6) is 0.769. The quantitative estimate of drug-likeness (QED) is 0.441. The highest BCUT2D eigenvalue weighted by molar-refractivity contribution is 5.97. The number of hydrogen-bond donors (Lipinski definition) is 2. The summed E-state index contributed by atoms with van der Waals surface area (Å²) in [6.07, 6.45) is 1.01. The predicted molar refractivity (Wildman–Crippen MR) is 63.8 cm³/mol. The van der Waals surface area contributed by atoms with E-state index in [1.807, 2.05) is 24.3 Å². The molecule has 80 valence electrons.